The molecule has 0 saturated carbocycles. The minimum atomic E-state index is -2.03. The first kappa shape index (κ1) is 37.5. The van der Waals surface area contributed by atoms with Gasteiger partial charge in [-0.2, -0.15) is 10.1 Å². The third-order valence-corrected chi connectivity index (χ3v) is 17.4. The molecule has 3 aromatic heterocycles. The fourth-order valence-corrected chi connectivity index (χ4v) is 9.20. The van der Waals surface area contributed by atoms with Crippen molar-refractivity contribution in [3.05, 3.63) is 52.6 Å². The highest BCUT2D eigenvalue weighted by Gasteiger charge is 2.52. The zero-order valence-electron chi connectivity index (χ0n) is 31.8. The van der Waals surface area contributed by atoms with Gasteiger partial charge < -0.3 is 28.7 Å². The van der Waals surface area contributed by atoms with Gasteiger partial charge in [0, 0.05) is 39.1 Å². The molecule has 2 fully saturated rings. The van der Waals surface area contributed by atoms with Gasteiger partial charge in [-0.25, -0.2) is 9.37 Å². The van der Waals surface area contributed by atoms with Gasteiger partial charge in [-0.05, 0) is 60.3 Å². The third-order valence-electron chi connectivity index (χ3n) is 10.9. The number of aromatic nitrogens is 5. The van der Waals surface area contributed by atoms with E-state index in [1.807, 2.05) is 17.8 Å². The molecule has 0 bridgehead atoms. The first-order chi connectivity index (χ1) is 24.5. The Hall–Kier alpha value is -2.86. The second-order valence-corrected chi connectivity index (χ2v) is 28.0. The van der Waals surface area contributed by atoms with Gasteiger partial charge in [0.05, 0.1) is 36.6 Å². The van der Waals surface area contributed by atoms with Gasteiger partial charge >= 0.3 is 6.01 Å². The Morgan fingerprint density at radius 2 is 1.75 bits per heavy atom. The normalized spacial score (nSPS) is 23.4. The summed E-state index contributed by atoms with van der Waals surface area (Å²) in [4.78, 5) is 9.81. The zero-order chi connectivity index (χ0) is 37.2. The van der Waals surface area contributed by atoms with Crippen LogP contribution < -0.4 is 10.1 Å². The lowest BCUT2D eigenvalue weighted by atomic mass is 10.0. The number of aryl methyl sites for hydroxylation is 2. The van der Waals surface area contributed by atoms with Gasteiger partial charge in [0.2, 0.25) is 0 Å². The van der Waals surface area contributed by atoms with E-state index in [2.05, 4.69) is 70.0 Å². The SMILES string of the molecule is Cn1cc(-c2cc(F)c3c(c2)CCC3Nc2nc3c(cc2Cl)nc(O[C@@H]2CO[C@H]4[C@@H]2OC[C@H]4O[Si](C)(C)C(C)(C)C)n3COCC[Si](C)(C)C)cn1. The summed E-state index contributed by atoms with van der Waals surface area (Å²) in [6.07, 6.45) is 4.03. The topological polar surface area (TPSA) is 107 Å². The Balaban J connectivity index is 1.14. The molecule has 282 valence electrons. The standard InChI is InChI=1S/C37H52ClFN6O5Si2/c1-37(2,3)52(8,9)50-30-20-48-32-29(19-47-33(30)32)49-36-42-28-16-25(38)34(43-35(28)45(36)21-46-12-13-51(5,6)7)41-27-11-10-22-14-23(15-26(39)31(22)27)24-17-40-44(4)18-24/h14-18,27,29-30,32-33H,10-13,19-21H2,1-9H3,(H,41,43)/t27?,29-,30-,32-,33-/m1/s1. The Morgan fingerprint density at radius 3 is 2.44 bits per heavy atom. The number of nitrogens with zero attached hydrogens (tertiary/aromatic N) is 5. The summed E-state index contributed by atoms with van der Waals surface area (Å²) >= 11 is 6.84. The Morgan fingerprint density at radius 1 is 1.02 bits per heavy atom. The van der Waals surface area contributed by atoms with E-state index >= 15 is 4.39 Å². The number of nitrogens with one attached hydrogen (secondary N) is 1. The molecule has 52 heavy (non-hydrogen) atoms. The molecule has 0 amide bonds. The quantitative estimate of drug-likeness (QED) is 0.113. The molecule has 2 aliphatic heterocycles. The van der Waals surface area contributed by atoms with Crippen LogP contribution in [-0.2, 0) is 38.8 Å². The summed E-state index contributed by atoms with van der Waals surface area (Å²) in [6, 6.07) is 6.49. The minimum Gasteiger partial charge on any atom is -0.456 e. The molecule has 11 nitrogen and oxygen atoms in total. The molecule has 1 aliphatic carbocycles. The van der Waals surface area contributed by atoms with Crippen molar-refractivity contribution in [3.63, 3.8) is 0 Å². The van der Waals surface area contributed by atoms with Crippen molar-refractivity contribution in [2.24, 2.45) is 7.05 Å². The molecule has 2 saturated heterocycles. The monoisotopic (exact) mass is 770 g/mol. The van der Waals surface area contributed by atoms with Crippen LogP contribution in [0.1, 0.15) is 44.4 Å². The number of pyridine rings is 1. The number of anilines is 1. The second kappa shape index (κ2) is 14.1. The van der Waals surface area contributed by atoms with Crippen LogP contribution in [0.3, 0.4) is 0 Å². The number of halogens is 2. The van der Waals surface area contributed by atoms with Crippen molar-refractivity contribution >= 4 is 45.0 Å². The molecular weight excluding hydrogens is 719 g/mol. The van der Waals surface area contributed by atoms with E-state index in [9.17, 15) is 0 Å². The number of ether oxygens (including phenoxy) is 4. The lowest BCUT2D eigenvalue weighted by Gasteiger charge is -2.39. The van der Waals surface area contributed by atoms with Crippen molar-refractivity contribution in [2.75, 3.05) is 25.1 Å². The molecule has 4 aromatic rings. The molecule has 3 aliphatic rings. The van der Waals surface area contributed by atoms with Crippen LogP contribution in [-0.4, -0.2) is 84.9 Å². The van der Waals surface area contributed by atoms with E-state index in [-0.39, 0.29) is 41.9 Å². The van der Waals surface area contributed by atoms with Crippen molar-refractivity contribution < 1.29 is 27.8 Å². The predicted molar refractivity (Wildman–Crippen MR) is 206 cm³/mol. The molecule has 1 aromatic carbocycles. The van der Waals surface area contributed by atoms with E-state index in [0.29, 0.717) is 59.8 Å². The zero-order valence-corrected chi connectivity index (χ0v) is 34.5. The molecule has 5 atom stereocenters. The van der Waals surface area contributed by atoms with Crippen molar-refractivity contribution in [1.29, 1.82) is 0 Å². The van der Waals surface area contributed by atoms with Gasteiger partial charge in [0.25, 0.3) is 0 Å². The highest BCUT2D eigenvalue weighted by Crippen LogP contribution is 2.42. The molecule has 7 rings (SSSR count). The number of hydrogen-bond acceptors (Lipinski definition) is 9. The average Bonchev–Trinajstić information content (AvgIpc) is 3.87. The second-order valence-electron chi connectivity index (χ2n) is 17.2. The Labute approximate surface area is 312 Å². The van der Waals surface area contributed by atoms with Crippen LogP contribution in [0.4, 0.5) is 10.2 Å². The largest absolute Gasteiger partial charge is 0.456 e. The maximum absolute atomic E-state index is 15.7. The summed E-state index contributed by atoms with van der Waals surface area (Å²) in [5, 5.41) is 8.16. The fourth-order valence-electron chi connectivity index (χ4n) is 6.93. The van der Waals surface area contributed by atoms with Crippen LogP contribution in [0.25, 0.3) is 22.3 Å². The molecule has 1 unspecified atom stereocenters. The lowest BCUT2D eigenvalue weighted by molar-refractivity contribution is 0.00687. The Bertz CT molecular complexity index is 1940. The summed E-state index contributed by atoms with van der Waals surface area (Å²) in [5.41, 5.74) is 4.43. The highest BCUT2D eigenvalue weighted by molar-refractivity contribution is 6.76. The first-order valence-electron chi connectivity index (χ1n) is 18.3. The van der Waals surface area contributed by atoms with Gasteiger partial charge in [-0.15, -0.1) is 0 Å². The van der Waals surface area contributed by atoms with Crippen molar-refractivity contribution in [1.82, 2.24) is 24.3 Å². The molecule has 0 spiro atoms. The van der Waals surface area contributed by atoms with E-state index in [1.165, 1.54) is 0 Å². The van der Waals surface area contributed by atoms with Gasteiger partial charge in [-0.1, -0.05) is 58.1 Å². The molecular formula is C37H52ClFN6O5Si2. The van der Waals surface area contributed by atoms with Gasteiger partial charge in [0.1, 0.15) is 36.1 Å². The van der Waals surface area contributed by atoms with Crippen LogP contribution in [0.2, 0.25) is 48.8 Å². The number of rotatable bonds is 12. The first-order valence-corrected chi connectivity index (χ1v) is 25.3. The van der Waals surface area contributed by atoms with Crippen molar-refractivity contribution in [3.8, 4) is 17.1 Å². The number of imidazole rings is 1. The number of fused-ring (bicyclic) bond motifs is 3. The molecule has 15 heteroatoms. The van der Waals surface area contributed by atoms with E-state index in [1.54, 1.807) is 23.0 Å². The fraction of sp³-hybridized carbons (Fsp3) is 0.595. The number of hydrogen-bond donors (Lipinski definition) is 1. The summed E-state index contributed by atoms with van der Waals surface area (Å²) < 4.78 is 51.4. The highest BCUT2D eigenvalue weighted by atomic mass is 35.5. The maximum atomic E-state index is 15.7. The number of benzene rings is 1. The smallest absolute Gasteiger partial charge is 0.301 e. The van der Waals surface area contributed by atoms with Crippen LogP contribution >= 0.6 is 11.6 Å². The Kier molecular flexibility index (Phi) is 10.2. The lowest BCUT2D eigenvalue weighted by Crippen LogP contribution is -2.47. The van der Waals surface area contributed by atoms with Crippen LogP contribution in [0, 0.1) is 5.82 Å². The van der Waals surface area contributed by atoms with Crippen LogP contribution in [0.5, 0.6) is 6.01 Å². The molecule has 1 N–H and O–H groups in total. The van der Waals surface area contributed by atoms with Gasteiger partial charge in [-0.3, -0.25) is 9.25 Å². The summed E-state index contributed by atoms with van der Waals surface area (Å²) in [5.74, 6) is 0.190. The van der Waals surface area contributed by atoms with E-state index in [0.717, 1.165) is 29.2 Å². The van der Waals surface area contributed by atoms with E-state index < -0.39 is 22.5 Å². The van der Waals surface area contributed by atoms with Crippen LogP contribution in [0.15, 0.2) is 30.6 Å². The minimum absolute atomic E-state index is 0.0705. The van der Waals surface area contributed by atoms with Crippen molar-refractivity contribution in [2.45, 2.75) is 115 Å². The maximum Gasteiger partial charge on any atom is 0.301 e. The van der Waals surface area contributed by atoms with Gasteiger partial charge in [0.15, 0.2) is 20.1 Å². The molecule has 5 heterocycles. The average molecular weight is 771 g/mol. The predicted octanol–water partition coefficient (Wildman–Crippen LogP) is 7.97. The van der Waals surface area contributed by atoms with E-state index in [4.69, 9.17) is 44.9 Å². The summed E-state index contributed by atoms with van der Waals surface area (Å²) in [6.45, 7) is 19.8. The molecule has 0 radical (unpaired) electrons. The summed E-state index contributed by atoms with van der Waals surface area (Å²) in [7, 11) is -1.50. The third kappa shape index (κ3) is 7.57.